The normalized spacial score (nSPS) is 11.1. The summed E-state index contributed by atoms with van der Waals surface area (Å²) < 4.78 is 15.6. The van der Waals surface area contributed by atoms with Crippen LogP contribution in [0.4, 0.5) is 4.39 Å². The molecule has 0 bridgehead atoms. The fourth-order valence-electron chi connectivity index (χ4n) is 3.59. The number of halogens is 1. The number of aromatic nitrogens is 3. The van der Waals surface area contributed by atoms with Gasteiger partial charge < -0.3 is 5.32 Å². The Morgan fingerprint density at radius 3 is 2.71 bits per heavy atom. The van der Waals surface area contributed by atoms with Crippen molar-refractivity contribution in [2.45, 2.75) is 24.0 Å². The molecule has 34 heavy (non-hydrogen) atoms. The van der Waals surface area contributed by atoms with E-state index in [0.717, 1.165) is 32.3 Å². The molecule has 0 aliphatic heterocycles. The summed E-state index contributed by atoms with van der Waals surface area (Å²) in [6.07, 6.45) is 1.75. The second kappa shape index (κ2) is 10.2. The number of thiophene rings is 1. The van der Waals surface area contributed by atoms with E-state index in [1.165, 1.54) is 6.07 Å². The molecule has 0 saturated heterocycles. The van der Waals surface area contributed by atoms with Crippen LogP contribution in [0.25, 0.3) is 11.2 Å². The zero-order valence-corrected chi connectivity index (χ0v) is 19.8. The van der Waals surface area contributed by atoms with Gasteiger partial charge in [0.25, 0.3) is 5.91 Å². The second-order valence-corrected chi connectivity index (χ2v) is 9.68. The summed E-state index contributed by atoms with van der Waals surface area (Å²) in [6, 6.07) is 22.0. The fraction of sp³-hybridized carbons (Fsp3) is 0.115. The van der Waals surface area contributed by atoms with E-state index in [4.69, 9.17) is 4.98 Å². The Hall–Kier alpha value is -3.49. The highest BCUT2D eigenvalue weighted by molar-refractivity contribution is 7.98. The van der Waals surface area contributed by atoms with Crippen LogP contribution in [0.15, 0.2) is 89.5 Å². The van der Waals surface area contributed by atoms with Crippen molar-refractivity contribution in [1.29, 1.82) is 0 Å². The molecule has 1 N–H and O–H groups in total. The molecule has 0 fully saturated rings. The number of hydrogen-bond acceptors (Lipinski definition) is 5. The topological polar surface area (TPSA) is 59.8 Å². The molecule has 0 unspecified atom stereocenters. The largest absolute Gasteiger partial charge is 0.347 e. The van der Waals surface area contributed by atoms with Crippen LogP contribution in [0.5, 0.6) is 0 Å². The Bertz CT molecular complexity index is 1410. The van der Waals surface area contributed by atoms with Crippen LogP contribution < -0.4 is 5.32 Å². The van der Waals surface area contributed by atoms with Gasteiger partial charge in [-0.1, -0.05) is 42.1 Å². The first kappa shape index (κ1) is 22.3. The summed E-state index contributed by atoms with van der Waals surface area (Å²) in [4.78, 5) is 22.9. The van der Waals surface area contributed by atoms with E-state index in [0.29, 0.717) is 24.4 Å². The standard InChI is InChI=1S/C26H21FN4OS2/c27-21-5-1-4-19(14-21)17-34-26-30-23-7-2-12-28-24(23)31(26)16-18-8-10-20(11-9-18)25(32)29-15-22-6-3-13-33-22/h1-14H,15-17H2,(H,29,32). The van der Waals surface area contributed by atoms with Gasteiger partial charge in [0.05, 0.1) is 13.1 Å². The molecule has 0 radical (unpaired) electrons. The summed E-state index contributed by atoms with van der Waals surface area (Å²) in [7, 11) is 0. The predicted molar refractivity (Wildman–Crippen MR) is 135 cm³/mol. The van der Waals surface area contributed by atoms with Gasteiger partial charge in [0.1, 0.15) is 11.3 Å². The van der Waals surface area contributed by atoms with Gasteiger partial charge >= 0.3 is 0 Å². The highest BCUT2D eigenvalue weighted by Crippen LogP contribution is 2.27. The third-order valence-corrected chi connectivity index (χ3v) is 7.21. The zero-order chi connectivity index (χ0) is 23.3. The average Bonchev–Trinajstić information content (AvgIpc) is 3.50. The highest BCUT2D eigenvalue weighted by atomic mass is 32.2. The number of imidazole rings is 1. The van der Waals surface area contributed by atoms with Crippen molar-refractivity contribution in [3.63, 3.8) is 0 Å². The molecule has 0 spiro atoms. The fourth-order valence-corrected chi connectivity index (χ4v) is 5.18. The van der Waals surface area contributed by atoms with Crippen molar-refractivity contribution < 1.29 is 9.18 Å². The molecule has 170 valence electrons. The summed E-state index contributed by atoms with van der Waals surface area (Å²) in [5.41, 5.74) is 4.16. The first-order valence-corrected chi connectivity index (χ1v) is 12.6. The molecule has 5 aromatic rings. The van der Waals surface area contributed by atoms with Gasteiger partial charge in [-0.05, 0) is 59.0 Å². The first-order chi connectivity index (χ1) is 16.7. The summed E-state index contributed by atoms with van der Waals surface area (Å²) in [5, 5.41) is 5.76. The molecule has 0 saturated carbocycles. The van der Waals surface area contributed by atoms with E-state index < -0.39 is 0 Å². The Morgan fingerprint density at radius 2 is 1.91 bits per heavy atom. The molecule has 8 heteroatoms. The van der Waals surface area contributed by atoms with E-state index in [-0.39, 0.29) is 11.7 Å². The van der Waals surface area contributed by atoms with Crippen LogP contribution in [-0.4, -0.2) is 20.4 Å². The Balaban J connectivity index is 1.32. The summed E-state index contributed by atoms with van der Waals surface area (Å²) in [6.45, 7) is 1.09. The lowest BCUT2D eigenvalue weighted by molar-refractivity contribution is 0.0951. The number of fused-ring (bicyclic) bond motifs is 1. The van der Waals surface area contributed by atoms with Crippen molar-refractivity contribution in [2.24, 2.45) is 0 Å². The second-order valence-electron chi connectivity index (χ2n) is 7.70. The third-order valence-electron chi connectivity index (χ3n) is 5.29. The summed E-state index contributed by atoms with van der Waals surface area (Å²) >= 11 is 3.17. The first-order valence-electron chi connectivity index (χ1n) is 10.7. The van der Waals surface area contributed by atoms with E-state index in [1.54, 1.807) is 41.4 Å². The van der Waals surface area contributed by atoms with Crippen LogP contribution in [0.2, 0.25) is 0 Å². The van der Waals surface area contributed by atoms with Gasteiger partial charge in [0, 0.05) is 22.4 Å². The van der Waals surface area contributed by atoms with Crippen LogP contribution >= 0.6 is 23.1 Å². The molecule has 3 heterocycles. The number of benzene rings is 2. The molecule has 0 aliphatic rings. The van der Waals surface area contributed by atoms with Gasteiger partial charge in [0.2, 0.25) is 0 Å². The lowest BCUT2D eigenvalue weighted by Crippen LogP contribution is -2.22. The summed E-state index contributed by atoms with van der Waals surface area (Å²) in [5.74, 6) is 0.263. The maximum atomic E-state index is 13.6. The van der Waals surface area contributed by atoms with Crippen molar-refractivity contribution in [3.8, 4) is 0 Å². The Labute approximate surface area is 204 Å². The molecule has 1 amide bonds. The lowest BCUT2D eigenvalue weighted by atomic mass is 10.1. The number of pyridine rings is 1. The van der Waals surface area contributed by atoms with Gasteiger partial charge in [-0.25, -0.2) is 14.4 Å². The van der Waals surface area contributed by atoms with Crippen LogP contribution in [0, 0.1) is 5.82 Å². The van der Waals surface area contributed by atoms with Crippen LogP contribution in [-0.2, 0) is 18.8 Å². The number of amides is 1. The lowest BCUT2D eigenvalue weighted by Gasteiger charge is -2.10. The number of hydrogen-bond donors (Lipinski definition) is 1. The number of carbonyl (C=O) groups is 1. The molecule has 3 aromatic heterocycles. The monoisotopic (exact) mass is 488 g/mol. The Morgan fingerprint density at radius 1 is 1.03 bits per heavy atom. The maximum Gasteiger partial charge on any atom is 0.251 e. The molecule has 2 aromatic carbocycles. The molecular formula is C26H21FN4OS2. The zero-order valence-electron chi connectivity index (χ0n) is 18.1. The third kappa shape index (κ3) is 5.18. The number of nitrogens with zero attached hydrogens (tertiary/aromatic N) is 3. The van der Waals surface area contributed by atoms with Gasteiger partial charge in [-0.2, -0.15) is 0 Å². The minimum atomic E-state index is -0.243. The Kier molecular flexibility index (Phi) is 6.69. The molecule has 0 atom stereocenters. The molecule has 5 nitrogen and oxygen atoms in total. The SMILES string of the molecule is O=C(NCc1cccs1)c1ccc(Cn2c(SCc3cccc(F)c3)nc3cccnc32)cc1. The van der Waals surface area contributed by atoms with Crippen molar-refractivity contribution in [3.05, 3.63) is 112 Å². The van der Waals surface area contributed by atoms with Gasteiger partial charge in [-0.15, -0.1) is 11.3 Å². The number of thioether (sulfide) groups is 1. The minimum Gasteiger partial charge on any atom is -0.347 e. The van der Waals surface area contributed by atoms with Crippen LogP contribution in [0.3, 0.4) is 0 Å². The van der Waals surface area contributed by atoms with Crippen LogP contribution in [0.1, 0.15) is 26.4 Å². The smallest absolute Gasteiger partial charge is 0.251 e. The number of rotatable bonds is 8. The maximum absolute atomic E-state index is 13.6. The molecule has 0 aliphatic carbocycles. The van der Waals surface area contributed by atoms with Crippen molar-refractivity contribution in [2.75, 3.05) is 0 Å². The quantitative estimate of drug-likeness (QED) is 0.276. The highest BCUT2D eigenvalue weighted by Gasteiger charge is 2.14. The number of nitrogens with one attached hydrogen (secondary N) is 1. The van der Waals surface area contributed by atoms with Gasteiger partial charge in [0.15, 0.2) is 10.8 Å². The van der Waals surface area contributed by atoms with E-state index in [1.807, 2.05) is 60.0 Å². The van der Waals surface area contributed by atoms with E-state index in [2.05, 4.69) is 14.9 Å². The average molecular weight is 489 g/mol. The molecule has 5 rings (SSSR count). The van der Waals surface area contributed by atoms with E-state index >= 15 is 0 Å². The number of carbonyl (C=O) groups excluding carboxylic acids is 1. The van der Waals surface area contributed by atoms with E-state index in [9.17, 15) is 9.18 Å². The minimum absolute atomic E-state index is 0.0963. The van der Waals surface area contributed by atoms with Crippen molar-refractivity contribution >= 4 is 40.2 Å². The van der Waals surface area contributed by atoms with Crippen molar-refractivity contribution in [1.82, 2.24) is 19.9 Å². The van der Waals surface area contributed by atoms with Gasteiger partial charge in [-0.3, -0.25) is 9.36 Å². The predicted octanol–water partition coefficient (Wildman–Crippen LogP) is 5.90. The molecular weight excluding hydrogens is 467 g/mol.